The lowest BCUT2D eigenvalue weighted by molar-refractivity contribution is -0.265. The number of aliphatic hydroxyl groups excluding tert-OH is 2. The number of hydrogen-bond acceptors (Lipinski definition) is 12. The van der Waals surface area contributed by atoms with Gasteiger partial charge in [0.2, 0.25) is 5.79 Å². The number of rotatable bonds is 24. The number of methoxy groups -OCH3 is 3. The van der Waals surface area contributed by atoms with Crippen LogP contribution >= 0.6 is 0 Å². The van der Waals surface area contributed by atoms with Crippen molar-refractivity contribution in [2.75, 3.05) is 27.9 Å². The lowest BCUT2D eigenvalue weighted by Crippen LogP contribution is -2.60. The van der Waals surface area contributed by atoms with E-state index in [9.17, 15) is 44.4 Å². The summed E-state index contributed by atoms with van der Waals surface area (Å²) in [5.74, 6) is -7.06. The van der Waals surface area contributed by atoms with Crippen LogP contribution in [0.2, 0.25) is 0 Å². The summed E-state index contributed by atoms with van der Waals surface area (Å²) in [4.78, 5) is 66.1. The van der Waals surface area contributed by atoms with Crippen LogP contribution in [-0.4, -0.2) is 131 Å². The van der Waals surface area contributed by atoms with Gasteiger partial charge >= 0.3 is 5.97 Å². The first-order valence-corrected chi connectivity index (χ1v) is 23.6. The maximum atomic E-state index is 13.5. The van der Waals surface area contributed by atoms with Crippen LogP contribution < -0.4 is 0 Å². The number of carbonyl (C=O) groups is 5. The molecule has 2 unspecified atom stereocenters. The topological polar surface area (TPSA) is 206 Å². The number of allylic oxidation sites excluding steroid dienone is 8. The van der Waals surface area contributed by atoms with E-state index in [1.165, 1.54) is 7.11 Å². The van der Waals surface area contributed by atoms with Crippen LogP contribution in [0.25, 0.3) is 0 Å². The number of carbonyl (C=O) groups excluding carboxylic acids is 4. The third-order valence-electron chi connectivity index (χ3n) is 13.7. The minimum atomic E-state index is -2.38. The maximum absolute atomic E-state index is 13.5. The summed E-state index contributed by atoms with van der Waals surface area (Å²) >= 11 is 0. The van der Waals surface area contributed by atoms with Gasteiger partial charge in [-0.1, -0.05) is 77.2 Å². The van der Waals surface area contributed by atoms with E-state index in [1.54, 1.807) is 47.1 Å². The Morgan fingerprint density at radius 2 is 1.57 bits per heavy atom. The molecule has 0 radical (unpaired) electrons. The molecule has 0 bridgehead atoms. The summed E-state index contributed by atoms with van der Waals surface area (Å²) < 4.78 is 22.7. The van der Waals surface area contributed by atoms with Crippen LogP contribution in [0.15, 0.2) is 59.8 Å². The number of carboxylic acid groups (broad SMARTS) is 1. The highest BCUT2D eigenvalue weighted by atomic mass is 16.6. The molecule has 0 aromatic heterocycles. The molecule has 1 aliphatic carbocycles. The van der Waals surface area contributed by atoms with Crippen molar-refractivity contribution in [3.8, 4) is 0 Å². The molecule has 14 atom stereocenters. The van der Waals surface area contributed by atoms with E-state index in [4.69, 9.17) is 18.9 Å². The van der Waals surface area contributed by atoms with E-state index in [2.05, 4.69) is 6.92 Å². The monoisotopic (exact) mass is 914 g/mol. The van der Waals surface area contributed by atoms with Crippen molar-refractivity contribution < 1.29 is 63.3 Å². The molecule has 2 heterocycles. The van der Waals surface area contributed by atoms with Gasteiger partial charge in [-0.15, -0.1) is 0 Å². The molecule has 1 amide bonds. The predicted octanol–water partition coefficient (Wildman–Crippen LogP) is 6.51. The van der Waals surface area contributed by atoms with E-state index in [1.807, 2.05) is 57.2 Å². The van der Waals surface area contributed by atoms with E-state index < -0.39 is 77.8 Å². The van der Waals surface area contributed by atoms with Gasteiger partial charge in [0, 0.05) is 52.0 Å². The zero-order valence-electron chi connectivity index (χ0n) is 40.5. The number of piperidine rings is 1. The minimum absolute atomic E-state index is 0.0173. The number of ether oxygens (including phenoxy) is 4. The number of nitrogens with zero attached hydrogens (tertiary/aromatic N) is 1. The molecule has 0 spiro atoms. The van der Waals surface area contributed by atoms with E-state index in [-0.39, 0.29) is 42.5 Å². The average Bonchev–Trinajstić information content (AvgIpc) is 3.28. The van der Waals surface area contributed by atoms with Crippen molar-refractivity contribution in [1.29, 1.82) is 0 Å². The zero-order chi connectivity index (χ0) is 48.6. The Kier molecular flexibility index (Phi) is 22.8. The molecule has 2 saturated heterocycles. The second-order valence-corrected chi connectivity index (χ2v) is 19.0. The van der Waals surface area contributed by atoms with Crippen LogP contribution in [0.3, 0.4) is 0 Å². The minimum Gasteiger partial charge on any atom is -0.480 e. The molecule has 2 aliphatic heterocycles. The highest BCUT2D eigenvalue weighted by Crippen LogP contribution is 2.37. The van der Waals surface area contributed by atoms with Crippen LogP contribution in [0.5, 0.6) is 0 Å². The van der Waals surface area contributed by atoms with Gasteiger partial charge in [-0.2, -0.15) is 0 Å². The van der Waals surface area contributed by atoms with Gasteiger partial charge in [0.25, 0.3) is 11.7 Å². The molecule has 0 aromatic carbocycles. The van der Waals surface area contributed by atoms with E-state index in [0.717, 1.165) is 29.7 Å². The molecule has 4 N–H and O–H groups in total. The molecule has 65 heavy (non-hydrogen) atoms. The molecule has 3 rings (SSSR count). The number of carboxylic acids is 1. The summed E-state index contributed by atoms with van der Waals surface area (Å²) in [6.07, 6.45) is 17.4. The SMILES string of the molecule is CO[C@@H](CC1CC[C@@H](C)C(O)(C(=O)C(=O)N2CCCC[C@H]2C(=O)O)O1)/C(C)=C/C=C/C=C/[C@@H](C)C[C@@H](C)C(=O)[C@H](OC)[C@H](O)/C(C)=C/[C@@H](C)C(=O)C=C[C@H](C)C[C@@H]1CC[C@@H](O)[C@H](OC)C1. The smallest absolute Gasteiger partial charge is 0.326 e. The van der Waals surface area contributed by atoms with Gasteiger partial charge in [0.15, 0.2) is 11.6 Å². The maximum Gasteiger partial charge on any atom is 0.326 e. The Hall–Kier alpha value is -3.63. The Morgan fingerprint density at radius 1 is 0.862 bits per heavy atom. The van der Waals surface area contributed by atoms with Gasteiger partial charge in [0.1, 0.15) is 18.2 Å². The van der Waals surface area contributed by atoms with Gasteiger partial charge < -0.3 is 44.3 Å². The normalized spacial score (nSPS) is 29.3. The van der Waals surface area contributed by atoms with Crippen LogP contribution in [0.4, 0.5) is 0 Å². The molecule has 366 valence electrons. The zero-order valence-corrected chi connectivity index (χ0v) is 40.5. The number of Topliss-reactive ketones (excluding diaryl/α,β-unsaturated/α-hetero) is 2. The van der Waals surface area contributed by atoms with Crippen molar-refractivity contribution in [3.63, 3.8) is 0 Å². The van der Waals surface area contributed by atoms with E-state index in [0.29, 0.717) is 56.4 Å². The molecular weight excluding hydrogens is 835 g/mol. The number of amides is 1. The van der Waals surface area contributed by atoms with Crippen LogP contribution in [0, 0.1) is 35.5 Å². The third kappa shape index (κ3) is 16.0. The first-order valence-electron chi connectivity index (χ1n) is 23.6. The Labute approximate surface area is 387 Å². The molecule has 0 aromatic rings. The number of aliphatic hydroxyl groups is 3. The van der Waals surface area contributed by atoms with E-state index >= 15 is 0 Å². The molecule has 1 saturated carbocycles. The van der Waals surface area contributed by atoms with Crippen LogP contribution in [0.1, 0.15) is 119 Å². The van der Waals surface area contributed by atoms with Gasteiger partial charge in [-0.25, -0.2) is 4.79 Å². The highest BCUT2D eigenvalue weighted by molar-refractivity contribution is 6.39. The standard InChI is InChI=1S/C51H79NO13/c1-31(26-35(5)45(55)47(64-10)46(56)36(6)28-34(4)41(53)23-19-32(2)27-38-21-24-42(54)44(29-38)63-9)16-12-11-13-17-33(3)43(62-8)30-39-22-20-37(7)51(61,65-39)48(57)49(58)52-25-15-14-18-40(52)50(59)60/h11-13,16-17,19,23,28,31-32,34-35,37-40,42-44,46-47,54,56,61H,14-15,18,20-22,24-27,29-30H2,1-10H3,(H,59,60)/b13-11+,16-12+,23-19?,33-17+,36-28+/t31-,32+,34-,35-,37-,38+,39?,40+,42-,43+,44-,46-,47+,51?/m1/s1. The van der Waals surface area contributed by atoms with Crippen LogP contribution in [-0.2, 0) is 42.9 Å². The summed E-state index contributed by atoms with van der Waals surface area (Å²) in [7, 11) is 4.58. The molecular formula is C51H79NO13. The molecule has 14 nitrogen and oxygen atoms in total. The Bertz CT molecular complexity index is 1750. The summed E-state index contributed by atoms with van der Waals surface area (Å²) in [6, 6.07) is -1.12. The molecule has 3 fully saturated rings. The molecule has 3 aliphatic rings. The third-order valence-corrected chi connectivity index (χ3v) is 13.7. The lowest BCUT2D eigenvalue weighted by atomic mass is 9.80. The Morgan fingerprint density at radius 3 is 2.22 bits per heavy atom. The van der Waals surface area contributed by atoms with Crippen molar-refractivity contribution in [3.05, 3.63) is 59.8 Å². The number of hydrogen-bond donors (Lipinski definition) is 4. The van der Waals surface area contributed by atoms with Crippen molar-refractivity contribution in [1.82, 2.24) is 4.90 Å². The summed E-state index contributed by atoms with van der Waals surface area (Å²) in [5.41, 5.74) is 1.35. The average molecular weight is 914 g/mol. The number of likely N-dealkylation sites (tertiary alicyclic amines) is 1. The van der Waals surface area contributed by atoms with Crippen molar-refractivity contribution in [2.45, 2.75) is 168 Å². The second kappa shape index (κ2) is 26.6. The first-order chi connectivity index (χ1) is 30.7. The fourth-order valence-electron chi connectivity index (χ4n) is 9.48. The molecule has 14 heteroatoms. The summed E-state index contributed by atoms with van der Waals surface area (Å²) in [5, 5.41) is 42.4. The first kappa shape index (κ1) is 55.7. The fraction of sp³-hybridized carbons (Fsp3) is 0.706. The van der Waals surface area contributed by atoms with Crippen molar-refractivity contribution in [2.24, 2.45) is 35.5 Å². The largest absolute Gasteiger partial charge is 0.480 e. The summed E-state index contributed by atoms with van der Waals surface area (Å²) in [6.45, 7) is 13.0. The van der Waals surface area contributed by atoms with Crippen molar-refractivity contribution >= 4 is 29.2 Å². The highest BCUT2D eigenvalue weighted by Gasteiger charge is 2.52. The predicted molar refractivity (Wildman–Crippen MR) is 247 cm³/mol. The number of ketones is 3. The van der Waals surface area contributed by atoms with Gasteiger partial charge in [-0.3, -0.25) is 19.2 Å². The number of aliphatic carboxylic acids is 1. The quantitative estimate of drug-likeness (QED) is 0.0353. The Balaban J connectivity index is 1.51. The second-order valence-electron chi connectivity index (χ2n) is 19.0. The van der Waals surface area contributed by atoms with Gasteiger partial charge in [0.05, 0.1) is 24.4 Å². The fourth-order valence-corrected chi connectivity index (χ4v) is 9.48. The van der Waals surface area contributed by atoms with Gasteiger partial charge in [-0.05, 0) is 113 Å². The lowest BCUT2D eigenvalue weighted by Gasteiger charge is -2.42.